The zero-order valence-electron chi connectivity index (χ0n) is 10.3. The molecule has 17 heavy (non-hydrogen) atoms. The third kappa shape index (κ3) is 2.25. The van der Waals surface area contributed by atoms with Gasteiger partial charge in [-0.05, 0) is 57.8 Å². The maximum Gasteiger partial charge on any atom is 0.136 e. The highest BCUT2D eigenvalue weighted by Crippen LogP contribution is 2.42. The van der Waals surface area contributed by atoms with Crippen LogP contribution in [0.3, 0.4) is 0 Å². The molecule has 0 spiro atoms. The molecule has 0 heterocycles. The molecule has 1 aromatic carbocycles. The van der Waals surface area contributed by atoms with Gasteiger partial charge in [-0.2, -0.15) is 0 Å². The summed E-state index contributed by atoms with van der Waals surface area (Å²) in [5, 5.41) is 0. The number of hydrogen-bond acceptors (Lipinski definition) is 2. The van der Waals surface area contributed by atoms with Crippen LogP contribution in [0.4, 0.5) is 0 Å². The average molecular weight is 297 g/mol. The molecule has 0 aromatic heterocycles. The minimum absolute atomic E-state index is 0.213. The Labute approximate surface area is 110 Å². The SMILES string of the molecule is COc1c(C(C)CC=O)cc2c(c1Br)CCC2. The summed E-state index contributed by atoms with van der Waals surface area (Å²) in [7, 11) is 1.69. The van der Waals surface area contributed by atoms with Gasteiger partial charge < -0.3 is 9.53 Å². The molecule has 0 saturated carbocycles. The van der Waals surface area contributed by atoms with E-state index in [1.807, 2.05) is 0 Å². The lowest BCUT2D eigenvalue weighted by Crippen LogP contribution is -2.02. The lowest BCUT2D eigenvalue weighted by molar-refractivity contribution is -0.108. The topological polar surface area (TPSA) is 26.3 Å². The molecular formula is C14H17BrO2. The standard InChI is InChI=1S/C14H17BrO2/c1-9(6-7-16)12-8-10-4-3-5-11(10)13(15)14(12)17-2/h7-9H,3-6H2,1-2H3. The van der Waals surface area contributed by atoms with E-state index in [0.29, 0.717) is 6.42 Å². The maximum atomic E-state index is 10.7. The van der Waals surface area contributed by atoms with Crippen molar-refractivity contribution in [3.05, 3.63) is 27.2 Å². The zero-order valence-corrected chi connectivity index (χ0v) is 11.8. The molecule has 3 heteroatoms. The minimum Gasteiger partial charge on any atom is -0.495 e. The second-order valence-corrected chi connectivity index (χ2v) is 5.40. The summed E-state index contributed by atoms with van der Waals surface area (Å²) in [6, 6.07) is 2.22. The lowest BCUT2D eigenvalue weighted by atomic mass is 9.94. The number of carbonyl (C=O) groups excluding carboxylic acids is 1. The van der Waals surface area contributed by atoms with Gasteiger partial charge in [-0.3, -0.25) is 0 Å². The zero-order chi connectivity index (χ0) is 12.4. The molecule has 0 bridgehead atoms. The summed E-state index contributed by atoms with van der Waals surface area (Å²) in [5.41, 5.74) is 3.93. The van der Waals surface area contributed by atoms with E-state index in [-0.39, 0.29) is 5.92 Å². The van der Waals surface area contributed by atoms with Crippen molar-refractivity contribution in [3.8, 4) is 5.75 Å². The van der Waals surface area contributed by atoms with Crippen molar-refractivity contribution in [2.45, 2.75) is 38.5 Å². The quantitative estimate of drug-likeness (QED) is 0.793. The fourth-order valence-electron chi connectivity index (χ4n) is 2.54. The summed E-state index contributed by atoms with van der Waals surface area (Å²) in [6.07, 6.45) is 4.99. The van der Waals surface area contributed by atoms with E-state index < -0.39 is 0 Å². The van der Waals surface area contributed by atoms with Gasteiger partial charge in [0.1, 0.15) is 12.0 Å². The summed E-state index contributed by atoms with van der Waals surface area (Å²) >= 11 is 3.65. The molecule has 2 nitrogen and oxygen atoms in total. The van der Waals surface area contributed by atoms with Crippen molar-refractivity contribution in [1.29, 1.82) is 0 Å². The molecule has 0 amide bonds. The lowest BCUT2D eigenvalue weighted by Gasteiger charge is -2.18. The Morgan fingerprint density at radius 1 is 1.53 bits per heavy atom. The van der Waals surface area contributed by atoms with Crippen LogP contribution < -0.4 is 4.74 Å². The Morgan fingerprint density at radius 2 is 2.29 bits per heavy atom. The molecule has 2 rings (SSSR count). The fourth-order valence-corrected chi connectivity index (χ4v) is 3.38. The van der Waals surface area contributed by atoms with Gasteiger partial charge in [0.2, 0.25) is 0 Å². The van der Waals surface area contributed by atoms with Crippen LogP contribution in [0.5, 0.6) is 5.75 Å². The predicted molar refractivity (Wildman–Crippen MR) is 71.8 cm³/mol. The number of aryl methyl sites for hydroxylation is 1. The first-order valence-electron chi connectivity index (χ1n) is 6.00. The monoisotopic (exact) mass is 296 g/mol. The van der Waals surface area contributed by atoms with Gasteiger partial charge in [0, 0.05) is 6.42 Å². The molecule has 1 unspecified atom stereocenters. The Balaban J connectivity index is 2.51. The van der Waals surface area contributed by atoms with Crippen LogP contribution in [0.2, 0.25) is 0 Å². The van der Waals surface area contributed by atoms with E-state index in [9.17, 15) is 4.79 Å². The number of rotatable bonds is 4. The van der Waals surface area contributed by atoms with Crippen molar-refractivity contribution in [2.75, 3.05) is 7.11 Å². The Kier molecular flexibility index (Phi) is 3.87. The second kappa shape index (κ2) is 5.21. The molecule has 0 N–H and O–H groups in total. The van der Waals surface area contributed by atoms with Gasteiger partial charge in [-0.1, -0.05) is 13.0 Å². The number of halogens is 1. The van der Waals surface area contributed by atoms with Gasteiger partial charge in [-0.25, -0.2) is 0 Å². The first-order chi connectivity index (χ1) is 8.19. The van der Waals surface area contributed by atoms with Crippen LogP contribution in [0.15, 0.2) is 10.5 Å². The minimum atomic E-state index is 0.213. The first kappa shape index (κ1) is 12.6. The third-order valence-corrected chi connectivity index (χ3v) is 4.34. The largest absolute Gasteiger partial charge is 0.495 e. The number of fused-ring (bicyclic) bond motifs is 1. The van der Waals surface area contributed by atoms with Crippen molar-refractivity contribution < 1.29 is 9.53 Å². The predicted octanol–water partition coefficient (Wildman–Crippen LogP) is 3.64. The van der Waals surface area contributed by atoms with Crippen molar-refractivity contribution >= 4 is 22.2 Å². The average Bonchev–Trinajstić information content (AvgIpc) is 2.77. The smallest absolute Gasteiger partial charge is 0.136 e. The van der Waals surface area contributed by atoms with Gasteiger partial charge >= 0.3 is 0 Å². The summed E-state index contributed by atoms with van der Waals surface area (Å²) in [4.78, 5) is 10.7. The van der Waals surface area contributed by atoms with E-state index in [1.54, 1.807) is 7.11 Å². The van der Waals surface area contributed by atoms with E-state index in [2.05, 4.69) is 28.9 Å². The molecule has 0 fully saturated rings. The highest BCUT2D eigenvalue weighted by Gasteiger charge is 2.22. The summed E-state index contributed by atoms with van der Waals surface area (Å²) in [6.45, 7) is 2.07. The molecule has 1 aromatic rings. The second-order valence-electron chi connectivity index (χ2n) is 4.61. The molecule has 0 saturated heterocycles. The molecule has 1 aliphatic carbocycles. The Bertz CT molecular complexity index is 440. The Hall–Kier alpha value is -0.830. The first-order valence-corrected chi connectivity index (χ1v) is 6.80. The van der Waals surface area contributed by atoms with Crippen LogP contribution in [-0.2, 0) is 17.6 Å². The van der Waals surface area contributed by atoms with E-state index in [1.165, 1.54) is 17.5 Å². The third-order valence-electron chi connectivity index (χ3n) is 3.50. The highest BCUT2D eigenvalue weighted by molar-refractivity contribution is 9.10. The molecule has 0 radical (unpaired) electrons. The molecule has 92 valence electrons. The molecule has 1 aliphatic rings. The van der Waals surface area contributed by atoms with Gasteiger partial charge in [-0.15, -0.1) is 0 Å². The van der Waals surface area contributed by atoms with Gasteiger partial charge in [0.25, 0.3) is 0 Å². The Morgan fingerprint density at radius 3 is 2.94 bits per heavy atom. The summed E-state index contributed by atoms with van der Waals surface area (Å²) in [5.74, 6) is 1.12. The van der Waals surface area contributed by atoms with Crippen LogP contribution in [0, 0.1) is 0 Å². The number of carbonyl (C=O) groups is 1. The van der Waals surface area contributed by atoms with Crippen LogP contribution in [0.1, 0.15) is 42.4 Å². The van der Waals surface area contributed by atoms with Crippen LogP contribution in [0.25, 0.3) is 0 Å². The van der Waals surface area contributed by atoms with Crippen LogP contribution >= 0.6 is 15.9 Å². The number of methoxy groups -OCH3 is 1. The van der Waals surface area contributed by atoms with Crippen molar-refractivity contribution in [3.63, 3.8) is 0 Å². The van der Waals surface area contributed by atoms with E-state index >= 15 is 0 Å². The molecule has 1 atom stereocenters. The number of aldehydes is 1. The number of hydrogen-bond donors (Lipinski definition) is 0. The number of ether oxygens (including phenoxy) is 1. The molecular weight excluding hydrogens is 280 g/mol. The van der Waals surface area contributed by atoms with Crippen LogP contribution in [-0.4, -0.2) is 13.4 Å². The van der Waals surface area contributed by atoms with Crippen molar-refractivity contribution in [2.24, 2.45) is 0 Å². The van der Waals surface area contributed by atoms with E-state index in [0.717, 1.165) is 34.9 Å². The fraction of sp³-hybridized carbons (Fsp3) is 0.500. The summed E-state index contributed by atoms with van der Waals surface area (Å²) < 4.78 is 6.59. The molecule has 0 aliphatic heterocycles. The van der Waals surface area contributed by atoms with E-state index in [4.69, 9.17) is 4.74 Å². The highest BCUT2D eigenvalue weighted by atomic mass is 79.9. The normalized spacial score (nSPS) is 15.5. The van der Waals surface area contributed by atoms with Gasteiger partial charge in [0.15, 0.2) is 0 Å². The number of benzene rings is 1. The van der Waals surface area contributed by atoms with Crippen molar-refractivity contribution in [1.82, 2.24) is 0 Å². The van der Waals surface area contributed by atoms with Gasteiger partial charge in [0.05, 0.1) is 11.6 Å². The maximum absolute atomic E-state index is 10.7.